The van der Waals surface area contributed by atoms with Crippen molar-refractivity contribution in [3.63, 3.8) is 0 Å². The van der Waals surface area contributed by atoms with E-state index in [-0.39, 0.29) is 0 Å². The van der Waals surface area contributed by atoms with Gasteiger partial charge in [-0.2, -0.15) is 149 Å². The average Bonchev–Trinajstić information content (AvgIpc) is 2.93. The van der Waals surface area contributed by atoms with Gasteiger partial charge in [0.1, 0.15) is 0 Å². The molecule has 0 aromatic rings. The molecule has 0 saturated carbocycles. The summed E-state index contributed by atoms with van der Waals surface area (Å²) in [6.07, 6.45) is -16.7. The van der Waals surface area contributed by atoms with E-state index in [4.69, 9.17) is 0 Å². The molecule has 0 heterocycles. The summed E-state index contributed by atoms with van der Waals surface area (Å²) in [4.78, 5) is 0. The average molecular weight is 900 g/mol. The quantitative estimate of drug-likeness (QED) is 0.152. The van der Waals surface area contributed by atoms with Gasteiger partial charge in [0.05, 0.1) is 0 Å². The Balaban J connectivity index is 7.73. The lowest BCUT2D eigenvalue weighted by Crippen LogP contribution is -2.75. The summed E-state index contributed by atoms with van der Waals surface area (Å²) in [6, 6.07) is 0. The third-order valence-electron chi connectivity index (χ3n) is 6.19. The second-order valence-corrected chi connectivity index (χ2v) is 9.66. The zero-order valence-corrected chi connectivity index (χ0v) is 22.6. The lowest BCUT2D eigenvalue weighted by Gasteiger charge is -2.43. The lowest BCUT2D eigenvalue weighted by atomic mass is 9.87. The molecule has 0 fully saturated rings. The first kappa shape index (κ1) is 51.2. The normalized spacial score (nSPS) is 17.6. The van der Waals surface area contributed by atoms with Crippen LogP contribution in [-0.2, 0) is 0 Å². The minimum Gasteiger partial charge on any atom is -0.202 e. The maximum atomic E-state index is 13.7. The minimum atomic E-state index is -9.82. The zero-order chi connectivity index (χ0) is 45.2. The van der Waals surface area contributed by atoms with Gasteiger partial charge in [-0.3, -0.25) is 0 Å². The van der Waals surface area contributed by atoms with Crippen LogP contribution in [0, 0.1) is 0 Å². The molecule has 0 saturated heterocycles. The third-order valence-corrected chi connectivity index (χ3v) is 6.19. The number of hydrogen-bond acceptors (Lipinski definition) is 0. The first-order valence-corrected chi connectivity index (χ1v) is 11.1. The van der Waals surface area contributed by atoms with Crippen molar-refractivity contribution < 1.29 is 158 Å². The van der Waals surface area contributed by atoms with Crippen LogP contribution < -0.4 is 0 Å². The molecular formula is C18F36. The lowest BCUT2D eigenvalue weighted by molar-refractivity contribution is -0.461. The number of alkyl halides is 34. The molecule has 0 amide bonds. The van der Waals surface area contributed by atoms with Gasteiger partial charge in [-0.15, -0.1) is 0 Å². The van der Waals surface area contributed by atoms with E-state index in [0.717, 1.165) is 0 Å². The van der Waals surface area contributed by atoms with Gasteiger partial charge in [-0.1, -0.05) is 0 Å². The molecule has 0 aliphatic rings. The van der Waals surface area contributed by atoms with Crippen LogP contribution in [0.5, 0.6) is 0 Å². The van der Waals surface area contributed by atoms with Gasteiger partial charge in [0, 0.05) is 0 Å². The van der Waals surface area contributed by atoms with Crippen molar-refractivity contribution in [2.24, 2.45) is 0 Å². The Labute approximate surface area is 266 Å². The summed E-state index contributed by atoms with van der Waals surface area (Å²) in [7, 11) is 0. The van der Waals surface area contributed by atoms with Gasteiger partial charge in [-0.05, 0) is 0 Å². The van der Waals surface area contributed by atoms with Crippen molar-refractivity contribution >= 4 is 0 Å². The Bertz CT molecular complexity index is 1300. The van der Waals surface area contributed by atoms with E-state index < -0.39 is 107 Å². The van der Waals surface area contributed by atoms with Crippen molar-refractivity contribution in [1.29, 1.82) is 0 Å². The summed E-state index contributed by atoms with van der Waals surface area (Å²) in [6.45, 7) is 0. The molecule has 0 aromatic heterocycles. The smallest absolute Gasteiger partial charge is 0.202 e. The molecule has 0 N–H and O–H groups in total. The van der Waals surface area contributed by atoms with Crippen LogP contribution in [-0.4, -0.2) is 95.3 Å². The van der Waals surface area contributed by atoms with Crippen LogP contribution in [0.15, 0.2) is 11.7 Å². The highest BCUT2D eigenvalue weighted by atomic mass is 19.4. The Hall–Kier alpha value is -2.78. The summed E-state index contributed by atoms with van der Waals surface area (Å²) in [5.74, 6) is -146. The van der Waals surface area contributed by atoms with E-state index in [1.54, 1.807) is 0 Å². The Morgan fingerprint density at radius 2 is 0.278 bits per heavy atom. The summed E-state index contributed by atoms with van der Waals surface area (Å²) >= 11 is 0. The molecule has 36 heteroatoms. The largest absolute Gasteiger partial charge is 0.460 e. The fourth-order valence-corrected chi connectivity index (χ4v) is 2.88. The fourth-order valence-electron chi connectivity index (χ4n) is 2.88. The van der Waals surface area contributed by atoms with Crippen LogP contribution in [0.1, 0.15) is 0 Å². The second kappa shape index (κ2) is 12.4. The molecule has 0 aliphatic heterocycles. The molecule has 0 aliphatic carbocycles. The maximum Gasteiger partial charge on any atom is 0.460 e. The summed E-state index contributed by atoms with van der Waals surface area (Å²) in [5, 5.41) is 0. The molecule has 0 unspecified atom stereocenters. The van der Waals surface area contributed by atoms with E-state index in [1.165, 1.54) is 0 Å². The molecule has 0 radical (unpaired) electrons. The van der Waals surface area contributed by atoms with Gasteiger partial charge in [0.2, 0.25) is 11.7 Å². The van der Waals surface area contributed by atoms with Crippen LogP contribution in [0.2, 0.25) is 0 Å². The molecule has 0 bridgehead atoms. The topological polar surface area (TPSA) is 0 Å². The van der Waals surface area contributed by atoms with Crippen LogP contribution in [0.25, 0.3) is 0 Å². The molecule has 0 nitrogen and oxygen atoms in total. The molecule has 0 rings (SSSR count). The third kappa shape index (κ3) is 5.90. The first-order valence-electron chi connectivity index (χ1n) is 11.1. The number of allylic oxidation sites excluding steroid dienone is 2. The highest BCUT2D eigenvalue weighted by Gasteiger charge is 2.98. The highest BCUT2D eigenvalue weighted by Crippen LogP contribution is 2.67. The van der Waals surface area contributed by atoms with Crippen molar-refractivity contribution in [1.82, 2.24) is 0 Å². The Kier molecular flexibility index (Phi) is 11.7. The van der Waals surface area contributed by atoms with Gasteiger partial charge in [0.15, 0.2) is 0 Å². The van der Waals surface area contributed by atoms with Crippen molar-refractivity contribution in [2.45, 2.75) is 95.3 Å². The van der Waals surface area contributed by atoms with E-state index in [2.05, 4.69) is 0 Å². The highest BCUT2D eigenvalue weighted by molar-refractivity contribution is 5.28. The predicted octanol–water partition coefficient (Wildman–Crippen LogP) is 12.2. The van der Waals surface area contributed by atoms with E-state index in [9.17, 15) is 158 Å². The number of hydrogen-bond donors (Lipinski definition) is 0. The minimum absolute atomic E-state index is 6.68. The van der Waals surface area contributed by atoms with E-state index in [1.807, 2.05) is 0 Å². The Morgan fingerprint density at radius 1 is 0.167 bits per heavy atom. The summed E-state index contributed by atoms with van der Waals surface area (Å²) < 4.78 is 474. The maximum absolute atomic E-state index is 13.7. The van der Waals surface area contributed by atoms with Crippen LogP contribution >= 0.6 is 0 Å². The monoisotopic (exact) mass is 900 g/mol. The standard InChI is InChI=1S/C18F36/c19-1(3(21,22)5(25,26)7(29,30)9(33,34)11(37,38)13(41,42)15(45,46)17(49,50)51)2(20)4(23,24)6(27,28)8(31,32)10(35,36)12(39,40)14(43,44)16(47,48)18(52,53)54. The van der Waals surface area contributed by atoms with Crippen molar-refractivity contribution in [3.8, 4) is 0 Å². The second-order valence-electron chi connectivity index (χ2n) is 9.66. The first-order chi connectivity index (χ1) is 22.6. The van der Waals surface area contributed by atoms with Crippen LogP contribution in [0.3, 0.4) is 0 Å². The molecule has 0 atom stereocenters. The molecular weight excluding hydrogens is 900 g/mol. The molecule has 54 heavy (non-hydrogen) atoms. The molecule has 0 spiro atoms. The van der Waals surface area contributed by atoms with Crippen molar-refractivity contribution in [3.05, 3.63) is 11.7 Å². The van der Waals surface area contributed by atoms with E-state index >= 15 is 0 Å². The fraction of sp³-hybridized carbons (Fsp3) is 0.889. The van der Waals surface area contributed by atoms with Gasteiger partial charge < -0.3 is 0 Å². The Morgan fingerprint density at radius 3 is 0.407 bits per heavy atom. The number of halogens is 36. The zero-order valence-electron chi connectivity index (χ0n) is 22.6. The summed E-state index contributed by atoms with van der Waals surface area (Å²) in [5.41, 5.74) is 0. The van der Waals surface area contributed by atoms with Crippen molar-refractivity contribution in [2.75, 3.05) is 0 Å². The predicted molar refractivity (Wildman–Crippen MR) is 90.6 cm³/mol. The van der Waals surface area contributed by atoms with Gasteiger partial charge >= 0.3 is 95.3 Å². The molecule has 0 aromatic carbocycles. The van der Waals surface area contributed by atoms with Gasteiger partial charge in [0.25, 0.3) is 0 Å². The number of rotatable bonds is 14. The molecule has 324 valence electrons. The SMILES string of the molecule is FC(=C(F)C(F)(F)C(F)(F)C(F)(F)C(F)(F)C(F)(F)C(F)(F)C(F)(F)C(F)(F)F)C(F)(F)C(F)(F)C(F)(F)C(F)(F)C(F)(F)C(F)(F)C(F)(F)C(F)(F)F. The van der Waals surface area contributed by atoms with E-state index in [0.29, 0.717) is 0 Å². The van der Waals surface area contributed by atoms with Crippen LogP contribution in [0.4, 0.5) is 158 Å². The van der Waals surface area contributed by atoms with Gasteiger partial charge in [-0.25, -0.2) is 8.78 Å².